The van der Waals surface area contributed by atoms with Gasteiger partial charge in [0, 0.05) is 19.6 Å². The predicted molar refractivity (Wildman–Crippen MR) is 67.6 cm³/mol. The van der Waals surface area contributed by atoms with Crippen LogP contribution in [0, 0.1) is 5.82 Å². The van der Waals surface area contributed by atoms with Crippen LogP contribution in [0.2, 0.25) is 0 Å². The molecule has 0 radical (unpaired) electrons. The van der Waals surface area contributed by atoms with Crippen LogP contribution >= 0.6 is 0 Å². The zero-order chi connectivity index (χ0) is 14.3. The maximum absolute atomic E-state index is 12.7. The molecule has 0 unspecified atom stereocenters. The molecule has 2 N–H and O–H groups in total. The summed E-state index contributed by atoms with van der Waals surface area (Å²) in [5, 5.41) is 11.2. The number of benzene rings is 1. The number of nitrogens with one attached hydrogen (secondary N) is 1. The molecule has 5 nitrogen and oxygen atoms in total. The number of aliphatic hydroxyl groups is 1. The van der Waals surface area contributed by atoms with E-state index in [1.54, 1.807) is 6.92 Å². The number of nitrogens with zero attached hydrogens (tertiary/aromatic N) is 1. The summed E-state index contributed by atoms with van der Waals surface area (Å²) < 4.78 is 12.7. The van der Waals surface area contributed by atoms with Crippen molar-refractivity contribution in [1.29, 1.82) is 0 Å². The van der Waals surface area contributed by atoms with Crippen LogP contribution in [0.1, 0.15) is 12.5 Å². The molecule has 1 aromatic rings. The first-order chi connectivity index (χ1) is 9.08. The van der Waals surface area contributed by atoms with E-state index in [1.165, 1.54) is 29.2 Å². The van der Waals surface area contributed by atoms with Gasteiger partial charge in [-0.1, -0.05) is 12.1 Å². The van der Waals surface area contributed by atoms with Crippen molar-refractivity contribution in [1.82, 2.24) is 10.2 Å². The molecule has 6 heteroatoms. The maximum Gasteiger partial charge on any atom is 0.311 e. The third-order valence-electron chi connectivity index (χ3n) is 2.60. The highest BCUT2D eigenvalue weighted by molar-refractivity contribution is 6.34. The highest BCUT2D eigenvalue weighted by Gasteiger charge is 2.19. The van der Waals surface area contributed by atoms with E-state index >= 15 is 0 Å². The summed E-state index contributed by atoms with van der Waals surface area (Å²) in [5.41, 5.74) is 0.702. The van der Waals surface area contributed by atoms with Crippen LogP contribution in [0.3, 0.4) is 0 Å². The third kappa shape index (κ3) is 4.67. The van der Waals surface area contributed by atoms with E-state index in [-0.39, 0.29) is 25.5 Å². The Morgan fingerprint density at radius 2 is 1.95 bits per heavy atom. The Balaban J connectivity index is 2.50. The largest absolute Gasteiger partial charge is 0.395 e. The molecule has 104 valence electrons. The molecular formula is C13H17FN2O3. The standard InChI is InChI=1S/C13H17FN2O3/c1-2-16(7-8-17)13(19)12(18)15-9-10-3-5-11(14)6-4-10/h3-6,17H,2,7-9H2,1H3,(H,15,18). The number of carbonyl (C=O) groups is 2. The molecule has 0 saturated heterocycles. The van der Waals surface area contributed by atoms with Gasteiger partial charge < -0.3 is 15.3 Å². The molecule has 0 heterocycles. The molecule has 0 aromatic heterocycles. The van der Waals surface area contributed by atoms with E-state index in [9.17, 15) is 14.0 Å². The lowest BCUT2D eigenvalue weighted by Gasteiger charge is -2.18. The van der Waals surface area contributed by atoms with Crippen LogP contribution in [0.5, 0.6) is 0 Å². The molecule has 0 fully saturated rings. The van der Waals surface area contributed by atoms with Crippen molar-refractivity contribution in [3.05, 3.63) is 35.6 Å². The van der Waals surface area contributed by atoms with Crippen LogP contribution in [0.4, 0.5) is 4.39 Å². The van der Waals surface area contributed by atoms with Gasteiger partial charge in [-0.3, -0.25) is 9.59 Å². The first kappa shape index (κ1) is 15.1. The Bertz CT molecular complexity index is 434. The van der Waals surface area contributed by atoms with Gasteiger partial charge in [0.05, 0.1) is 6.61 Å². The Hall–Kier alpha value is -1.95. The van der Waals surface area contributed by atoms with E-state index in [0.29, 0.717) is 12.1 Å². The normalized spacial score (nSPS) is 10.1. The summed E-state index contributed by atoms with van der Waals surface area (Å²) in [6.45, 7) is 2.16. The summed E-state index contributed by atoms with van der Waals surface area (Å²) >= 11 is 0. The van der Waals surface area contributed by atoms with Crippen molar-refractivity contribution >= 4 is 11.8 Å². The molecule has 0 aliphatic rings. The Kier molecular flexibility index (Phi) is 5.95. The minimum absolute atomic E-state index is 0.124. The van der Waals surface area contributed by atoms with Gasteiger partial charge in [0.15, 0.2) is 0 Å². The Morgan fingerprint density at radius 1 is 1.32 bits per heavy atom. The van der Waals surface area contributed by atoms with Crippen LogP contribution in [-0.2, 0) is 16.1 Å². The molecule has 0 atom stereocenters. The van der Waals surface area contributed by atoms with Gasteiger partial charge in [-0.15, -0.1) is 0 Å². The topological polar surface area (TPSA) is 69.6 Å². The van der Waals surface area contributed by atoms with Gasteiger partial charge in [0.2, 0.25) is 0 Å². The second-order valence-electron chi connectivity index (χ2n) is 3.92. The fraction of sp³-hybridized carbons (Fsp3) is 0.385. The molecule has 0 aliphatic carbocycles. The van der Waals surface area contributed by atoms with Crippen molar-refractivity contribution in [3.8, 4) is 0 Å². The van der Waals surface area contributed by atoms with Crippen molar-refractivity contribution in [2.24, 2.45) is 0 Å². The van der Waals surface area contributed by atoms with Crippen LogP contribution in [0.25, 0.3) is 0 Å². The van der Waals surface area contributed by atoms with E-state index in [0.717, 1.165) is 0 Å². The quantitative estimate of drug-likeness (QED) is 0.754. The van der Waals surface area contributed by atoms with Crippen LogP contribution in [-0.4, -0.2) is 41.5 Å². The molecule has 0 spiro atoms. The summed E-state index contributed by atoms with van der Waals surface area (Å²) in [4.78, 5) is 24.5. The number of carbonyl (C=O) groups excluding carboxylic acids is 2. The number of rotatable bonds is 5. The highest BCUT2D eigenvalue weighted by atomic mass is 19.1. The average molecular weight is 268 g/mol. The molecule has 1 aromatic carbocycles. The lowest BCUT2D eigenvalue weighted by atomic mass is 10.2. The molecule has 0 bridgehead atoms. The fourth-order valence-electron chi connectivity index (χ4n) is 1.53. The maximum atomic E-state index is 12.7. The number of halogens is 1. The number of likely N-dealkylation sites (N-methyl/N-ethyl adjacent to an activating group) is 1. The van der Waals surface area contributed by atoms with Gasteiger partial charge in [-0.25, -0.2) is 4.39 Å². The molecule has 2 amide bonds. The fourth-order valence-corrected chi connectivity index (χ4v) is 1.53. The van der Waals surface area contributed by atoms with Crippen molar-refractivity contribution in [2.45, 2.75) is 13.5 Å². The summed E-state index contributed by atoms with van der Waals surface area (Å²) in [5.74, 6) is -1.77. The molecular weight excluding hydrogens is 251 g/mol. The predicted octanol–water partition coefficient (Wildman–Crippen LogP) is 0.283. The van der Waals surface area contributed by atoms with Crippen LogP contribution in [0.15, 0.2) is 24.3 Å². The van der Waals surface area contributed by atoms with E-state index in [2.05, 4.69) is 5.32 Å². The average Bonchev–Trinajstić information content (AvgIpc) is 2.43. The summed E-state index contributed by atoms with van der Waals surface area (Å²) in [7, 11) is 0. The second-order valence-corrected chi connectivity index (χ2v) is 3.92. The highest BCUT2D eigenvalue weighted by Crippen LogP contribution is 2.02. The van der Waals surface area contributed by atoms with Gasteiger partial charge >= 0.3 is 11.8 Å². The summed E-state index contributed by atoms with van der Waals surface area (Å²) in [6, 6.07) is 5.64. The molecule has 19 heavy (non-hydrogen) atoms. The van der Waals surface area contributed by atoms with Gasteiger partial charge in [-0.2, -0.15) is 0 Å². The monoisotopic (exact) mass is 268 g/mol. The number of hydrogen-bond donors (Lipinski definition) is 2. The van der Waals surface area contributed by atoms with Crippen molar-refractivity contribution < 1.29 is 19.1 Å². The van der Waals surface area contributed by atoms with Gasteiger partial charge in [-0.05, 0) is 24.6 Å². The zero-order valence-electron chi connectivity index (χ0n) is 10.7. The second kappa shape index (κ2) is 7.48. The van der Waals surface area contributed by atoms with Crippen LogP contribution < -0.4 is 5.32 Å². The van der Waals surface area contributed by atoms with Gasteiger partial charge in [0.1, 0.15) is 5.82 Å². The SMILES string of the molecule is CCN(CCO)C(=O)C(=O)NCc1ccc(F)cc1. The molecule has 0 aliphatic heterocycles. The molecule has 0 saturated carbocycles. The lowest BCUT2D eigenvalue weighted by molar-refractivity contribution is -0.146. The first-order valence-electron chi connectivity index (χ1n) is 6.01. The minimum Gasteiger partial charge on any atom is -0.395 e. The third-order valence-corrected chi connectivity index (χ3v) is 2.60. The Morgan fingerprint density at radius 3 is 2.47 bits per heavy atom. The smallest absolute Gasteiger partial charge is 0.311 e. The molecule has 1 rings (SSSR count). The lowest BCUT2D eigenvalue weighted by Crippen LogP contribution is -2.43. The number of hydrogen-bond acceptors (Lipinski definition) is 3. The Labute approximate surface area is 111 Å². The number of aliphatic hydroxyl groups excluding tert-OH is 1. The van der Waals surface area contributed by atoms with Gasteiger partial charge in [0.25, 0.3) is 0 Å². The van der Waals surface area contributed by atoms with Crippen molar-refractivity contribution in [2.75, 3.05) is 19.7 Å². The summed E-state index contributed by atoms with van der Waals surface area (Å²) in [6.07, 6.45) is 0. The zero-order valence-corrected chi connectivity index (χ0v) is 10.7. The first-order valence-corrected chi connectivity index (χ1v) is 6.01. The van der Waals surface area contributed by atoms with Crippen molar-refractivity contribution in [3.63, 3.8) is 0 Å². The van der Waals surface area contributed by atoms with E-state index < -0.39 is 11.8 Å². The minimum atomic E-state index is -0.736. The number of amides is 2. The van der Waals surface area contributed by atoms with E-state index in [4.69, 9.17) is 5.11 Å². The van der Waals surface area contributed by atoms with E-state index in [1.807, 2.05) is 0 Å².